The summed E-state index contributed by atoms with van der Waals surface area (Å²) >= 11 is 6.23. The average molecular weight is 465 g/mol. The summed E-state index contributed by atoms with van der Waals surface area (Å²) in [6.45, 7) is 0. The molecule has 2 aromatic rings. The molecule has 0 spiro atoms. The number of hydrogen-bond donors (Lipinski definition) is 3. The number of nitrogens with zero attached hydrogens (tertiary/aromatic N) is 2. The van der Waals surface area contributed by atoms with Crippen LogP contribution in [-0.4, -0.2) is 36.6 Å². The van der Waals surface area contributed by atoms with Crippen LogP contribution in [0, 0.1) is 5.92 Å². The largest absolute Gasteiger partial charge is 0.409 e. The highest BCUT2D eigenvalue weighted by Gasteiger charge is 2.28. The van der Waals surface area contributed by atoms with Crippen molar-refractivity contribution in [2.24, 2.45) is 16.8 Å². The molecule has 0 bridgehead atoms. The fourth-order valence-corrected chi connectivity index (χ4v) is 5.24. The van der Waals surface area contributed by atoms with Gasteiger partial charge in [-0.15, -0.1) is 0 Å². The van der Waals surface area contributed by atoms with Gasteiger partial charge in [0.05, 0.1) is 15.8 Å². The number of sulfone groups is 1. The van der Waals surface area contributed by atoms with Crippen molar-refractivity contribution in [3.8, 4) is 0 Å². The number of nitrogens with one attached hydrogen (secondary N) is 1. The zero-order chi connectivity index (χ0) is 22.6. The second-order valence-corrected chi connectivity index (χ2v) is 10.2. The van der Waals surface area contributed by atoms with E-state index in [1.165, 1.54) is 12.3 Å². The van der Waals surface area contributed by atoms with Crippen molar-refractivity contribution in [2.75, 3.05) is 11.6 Å². The number of amides is 1. The van der Waals surface area contributed by atoms with Gasteiger partial charge in [-0.2, -0.15) is 0 Å². The van der Waals surface area contributed by atoms with Crippen LogP contribution in [0.3, 0.4) is 0 Å². The highest BCUT2D eigenvalue weighted by atomic mass is 35.5. The van der Waals surface area contributed by atoms with E-state index in [9.17, 15) is 13.2 Å². The molecule has 0 radical (unpaired) electrons. The zero-order valence-corrected chi connectivity index (χ0v) is 18.7. The number of carbonyl (C=O) groups is 1. The van der Waals surface area contributed by atoms with Gasteiger partial charge in [-0.1, -0.05) is 48.5 Å². The third-order valence-corrected chi connectivity index (χ3v) is 7.12. The number of halogens is 1. The molecule has 3 rings (SSSR count). The SMILES string of the molecule is CS(=O)(=O)c1ccc(C(CC2CCCC2)C(=O)Nc2ccc(C(N)=NO)cn2)cc1Cl. The van der Waals surface area contributed by atoms with E-state index >= 15 is 0 Å². The minimum atomic E-state index is -3.46. The summed E-state index contributed by atoms with van der Waals surface area (Å²) in [6.07, 6.45) is 7.54. The molecule has 1 aromatic carbocycles. The van der Waals surface area contributed by atoms with Crippen molar-refractivity contribution in [3.63, 3.8) is 0 Å². The fraction of sp³-hybridized carbons (Fsp3) is 0.381. The number of carbonyl (C=O) groups excluding carboxylic acids is 1. The van der Waals surface area contributed by atoms with E-state index in [2.05, 4.69) is 15.5 Å². The first-order chi connectivity index (χ1) is 14.7. The molecule has 0 aliphatic heterocycles. The van der Waals surface area contributed by atoms with E-state index in [1.807, 2.05) is 0 Å². The summed E-state index contributed by atoms with van der Waals surface area (Å²) in [5.41, 5.74) is 6.62. The molecule has 1 heterocycles. The van der Waals surface area contributed by atoms with Gasteiger partial charge in [0.15, 0.2) is 15.7 Å². The van der Waals surface area contributed by atoms with Gasteiger partial charge < -0.3 is 16.3 Å². The maximum atomic E-state index is 13.2. The lowest BCUT2D eigenvalue weighted by Crippen LogP contribution is -2.24. The first-order valence-electron chi connectivity index (χ1n) is 9.93. The molecule has 8 nitrogen and oxygen atoms in total. The highest BCUT2D eigenvalue weighted by molar-refractivity contribution is 7.90. The quantitative estimate of drug-likeness (QED) is 0.248. The molecule has 4 N–H and O–H groups in total. The van der Waals surface area contributed by atoms with Crippen LogP contribution >= 0.6 is 11.6 Å². The van der Waals surface area contributed by atoms with Crippen molar-refractivity contribution in [2.45, 2.75) is 42.9 Å². The van der Waals surface area contributed by atoms with Crippen LogP contribution in [0.25, 0.3) is 0 Å². The maximum Gasteiger partial charge on any atom is 0.233 e. The molecule has 1 atom stereocenters. The van der Waals surface area contributed by atoms with Crippen LogP contribution in [0.15, 0.2) is 46.6 Å². The van der Waals surface area contributed by atoms with Crippen molar-refractivity contribution in [1.29, 1.82) is 0 Å². The monoisotopic (exact) mass is 464 g/mol. The first kappa shape index (κ1) is 23.0. The Bertz CT molecular complexity index is 1080. The Morgan fingerprint density at radius 2 is 2.03 bits per heavy atom. The van der Waals surface area contributed by atoms with Gasteiger partial charge in [-0.3, -0.25) is 4.79 Å². The molecule has 166 valence electrons. The van der Waals surface area contributed by atoms with Gasteiger partial charge in [0.1, 0.15) is 5.82 Å². The Hall–Kier alpha value is -2.65. The fourth-order valence-electron chi connectivity index (χ4n) is 3.90. The number of nitrogens with two attached hydrogens (primary N) is 1. The number of aromatic nitrogens is 1. The molecule has 31 heavy (non-hydrogen) atoms. The predicted octanol–water partition coefficient (Wildman–Crippen LogP) is 3.54. The van der Waals surface area contributed by atoms with E-state index in [4.69, 9.17) is 22.5 Å². The van der Waals surface area contributed by atoms with E-state index in [0.717, 1.165) is 31.9 Å². The van der Waals surface area contributed by atoms with Gasteiger partial charge in [0.2, 0.25) is 5.91 Å². The molecule has 1 aliphatic rings. The highest BCUT2D eigenvalue weighted by Crippen LogP contribution is 2.36. The Balaban J connectivity index is 1.86. The summed E-state index contributed by atoms with van der Waals surface area (Å²) in [5.74, 6) is -0.0845. The van der Waals surface area contributed by atoms with Gasteiger partial charge in [-0.05, 0) is 42.2 Å². The number of amidine groups is 1. The first-order valence-corrected chi connectivity index (χ1v) is 12.2. The van der Waals surface area contributed by atoms with Crippen LogP contribution in [0.1, 0.15) is 49.1 Å². The number of benzene rings is 1. The van der Waals surface area contributed by atoms with Crippen molar-refractivity contribution in [1.82, 2.24) is 4.98 Å². The molecule has 1 unspecified atom stereocenters. The third-order valence-electron chi connectivity index (χ3n) is 5.54. The molecule has 1 fully saturated rings. The van der Waals surface area contributed by atoms with Crippen LogP contribution < -0.4 is 11.1 Å². The summed E-state index contributed by atoms with van der Waals surface area (Å²) in [5, 5.41) is 14.6. The van der Waals surface area contributed by atoms with Gasteiger partial charge in [0.25, 0.3) is 0 Å². The zero-order valence-electron chi connectivity index (χ0n) is 17.1. The van der Waals surface area contributed by atoms with Crippen molar-refractivity contribution < 1.29 is 18.4 Å². The molecule has 1 saturated carbocycles. The maximum absolute atomic E-state index is 13.2. The van der Waals surface area contributed by atoms with E-state index < -0.39 is 15.8 Å². The molecule has 1 aliphatic carbocycles. The standard InChI is InChI=1S/C21H25ClN4O4S/c1-31(29,30)18-8-6-14(11-17(18)22)16(10-13-4-2-3-5-13)21(27)25-19-9-7-15(12-24-19)20(23)26-28/h6-9,11-13,16,28H,2-5,10H2,1H3,(H2,23,26)(H,24,25,27). The second kappa shape index (κ2) is 9.65. The Morgan fingerprint density at radius 1 is 1.32 bits per heavy atom. The minimum absolute atomic E-state index is 0.0401. The van der Waals surface area contributed by atoms with Gasteiger partial charge >= 0.3 is 0 Å². The Kier molecular flexibility index (Phi) is 7.17. The Labute approximate surface area is 186 Å². The molecule has 1 aromatic heterocycles. The van der Waals surface area contributed by atoms with Gasteiger partial charge in [0, 0.05) is 18.0 Å². The van der Waals surface area contributed by atoms with Crippen LogP contribution in [0.4, 0.5) is 5.82 Å². The number of anilines is 1. The number of rotatable bonds is 7. The molecule has 1 amide bonds. The Morgan fingerprint density at radius 3 is 2.58 bits per heavy atom. The average Bonchev–Trinajstić information content (AvgIpc) is 3.24. The van der Waals surface area contributed by atoms with Crippen LogP contribution in [0.2, 0.25) is 5.02 Å². The van der Waals surface area contributed by atoms with Crippen molar-refractivity contribution >= 4 is 39.0 Å². The lowest BCUT2D eigenvalue weighted by Gasteiger charge is -2.21. The number of pyridine rings is 1. The lowest BCUT2D eigenvalue weighted by molar-refractivity contribution is -0.118. The number of oxime groups is 1. The summed E-state index contributed by atoms with van der Waals surface area (Å²) < 4.78 is 23.8. The van der Waals surface area contributed by atoms with Crippen LogP contribution in [-0.2, 0) is 14.6 Å². The third kappa shape index (κ3) is 5.74. The predicted molar refractivity (Wildman–Crippen MR) is 119 cm³/mol. The smallest absolute Gasteiger partial charge is 0.233 e. The number of hydrogen-bond acceptors (Lipinski definition) is 6. The molecular formula is C21H25ClN4O4S. The van der Waals surface area contributed by atoms with Gasteiger partial charge in [-0.25, -0.2) is 13.4 Å². The molecule has 10 heteroatoms. The normalized spacial score (nSPS) is 16.3. The summed E-state index contributed by atoms with van der Waals surface area (Å²) in [7, 11) is -3.46. The topological polar surface area (TPSA) is 135 Å². The van der Waals surface area contributed by atoms with Crippen LogP contribution in [0.5, 0.6) is 0 Å². The van der Waals surface area contributed by atoms with E-state index in [0.29, 0.717) is 29.3 Å². The molecular weight excluding hydrogens is 440 g/mol. The second-order valence-electron chi connectivity index (χ2n) is 7.81. The lowest BCUT2D eigenvalue weighted by atomic mass is 9.87. The van der Waals surface area contributed by atoms with Crippen molar-refractivity contribution in [3.05, 3.63) is 52.7 Å². The molecule has 0 saturated heterocycles. The summed E-state index contributed by atoms with van der Waals surface area (Å²) in [6, 6.07) is 7.81. The van der Waals surface area contributed by atoms with E-state index in [-0.39, 0.29) is 21.7 Å². The summed E-state index contributed by atoms with van der Waals surface area (Å²) in [4.78, 5) is 17.4. The van der Waals surface area contributed by atoms with E-state index in [1.54, 1.807) is 24.3 Å². The minimum Gasteiger partial charge on any atom is -0.409 e.